The highest BCUT2D eigenvalue weighted by atomic mass is 35.5. The normalized spacial score (nSPS) is 12.9. The number of aryl methyl sites for hydroxylation is 1. The van der Waals surface area contributed by atoms with Crippen LogP contribution in [0.4, 0.5) is 24.5 Å². The maximum absolute atomic E-state index is 12.8. The molecular weight excluding hydrogens is 353 g/mol. The number of nitrogens with zero attached hydrogens (tertiary/aromatic N) is 3. The molecular formula is C13H12ClF3N4O3. The van der Waals surface area contributed by atoms with E-state index in [1.54, 1.807) is 13.2 Å². The molecule has 0 spiro atoms. The molecule has 0 aliphatic heterocycles. The van der Waals surface area contributed by atoms with Crippen LogP contribution in [0.3, 0.4) is 0 Å². The van der Waals surface area contributed by atoms with Crippen LogP contribution in [0.15, 0.2) is 24.5 Å². The average molecular weight is 365 g/mol. The first-order chi connectivity index (χ1) is 11.1. The summed E-state index contributed by atoms with van der Waals surface area (Å²) in [6.45, 7) is -0.172. The van der Waals surface area contributed by atoms with Gasteiger partial charge >= 0.3 is 6.18 Å². The molecule has 0 aliphatic rings. The third-order valence-electron chi connectivity index (χ3n) is 3.18. The summed E-state index contributed by atoms with van der Waals surface area (Å²) >= 11 is 5.57. The number of alkyl halides is 3. The minimum atomic E-state index is -4.81. The molecule has 0 bridgehead atoms. The monoisotopic (exact) mass is 364 g/mol. The molecule has 2 aromatic rings. The largest absolute Gasteiger partial charge is 0.418 e. The quantitative estimate of drug-likeness (QED) is 0.628. The first-order valence-corrected chi connectivity index (χ1v) is 6.93. The van der Waals surface area contributed by atoms with Gasteiger partial charge in [0.15, 0.2) is 0 Å². The molecule has 1 atom stereocenters. The second-order valence-corrected chi connectivity index (χ2v) is 5.36. The van der Waals surface area contributed by atoms with Gasteiger partial charge in [-0.05, 0) is 6.07 Å². The second-order valence-electron chi connectivity index (χ2n) is 4.95. The number of aliphatic hydroxyl groups excluding tert-OH is 1. The average Bonchev–Trinajstić information content (AvgIpc) is 2.89. The van der Waals surface area contributed by atoms with E-state index in [0.29, 0.717) is 11.6 Å². The Morgan fingerprint density at radius 1 is 1.50 bits per heavy atom. The smallest absolute Gasteiger partial charge is 0.386 e. The van der Waals surface area contributed by atoms with Crippen LogP contribution in [0.25, 0.3) is 0 Å². The molecule has 0 aliphatic carbocycles. The summed E-state index contributed by atoms with van der Waals surface area (Å²) in [6.07, 6.45) is -2.92. The van der Waals surface area contributed by atoms with Gasteiger partial charge in [0.1, 0.15) is 5.69 Å². The highest BCUT2D eigenvalue weighted by Crippen LogP contribution is 2.40. The van der Waals surface area contributed by atoms with Crippen molar-refractivity contribution in [3.8, 4) is 0 Å². The number of benzene rings is 1. The van der Waals surface area contributed by atoms with Crippen molar-refractivity contribution >= 4 is 23.0 Å². The number of hydrogen-bond donors (Lipinski definition) is 2. The summed E-state index contributed by atoms with van der Waals surface area (Å²) in [6, 6.07) is 1.18. The van der Waals surface area contributed by atoms with Crippen LogP contribution in [-0.4, -0.2) is 26.4 Å². The van der Waals surface area contributed by atoms with E-state index in [4.69, 9.17) is 11.6 Å². The lowest BCUT2D eigenvalue weighted by Crippen LogP contribution is -2.14. The Hall–Kier alpha value is -2.33. The van der Waals surface area contributed by atoms with Crippen molar-refractivity contribution in [2.45, 2.75) is 12.3 Å². The van der Waals surface area contributed by atoms with Gasteiger partial charge in [0.2, 0.25) is 0 Å². The van der Waals surface area contributed by atoms with Crippen molar-refractivity contribution in [3.05, 3.63) is 50.8 Å². The first kappa shape index (κ1) is 18.0. The van der Waals surface area contributed by atoms with Gasteiger partial charge in [-0.3, -0.25) is 14.8 Å². The molecule has 2 rings (SSSR count). The molecule has 130 valence electrons. The van der Waals surface area contributed by atoms with E-state index in [2.05, 4.69) is 10.4 Å². The van der Waals surface area contributed by atoms with Crippen LogP contribution in [0.2, 0.25) is 5.02 Å². The fraction of sp³-hybridized carbons (Fsp3) is 0.308. The third-order valence-corrected chi connectivity index (χ3v) is 3.50. The van der Waals surface area contributed by atoms with Crippen molar-refractivity contribution in [1.82, 2.24) is 9.78 Å². The minimum Gasteiger partial charge on any atom is -0.386 e. The van der Waals surface area contributed by atoms with Crippen LogP contribution in [0, 0.1) is 10.1 Å². The Labute approximate surface area is 138 Å². The zero-order valence-electron chi connectivity index (χ0n) is 12.2. The second kappa shape index (κ2) is 6.65. The zero-order valence-corrected chi connectivity index (χ0v) is 13.0. The molecule has 7 nitrogen and oxygen atoms in total. The summed E-state index contributed by atoms with van der Waals surface area (Å²) in [4.78, 5) is 10.1. The SMILES string of the molecule is Cn1cc(C(O)CNc2cc(Cl)c(C(F)(F)F)cc2[N+](=O)[O-])cn1. The minimum absolute atomic E-state index is 0.172. The highest BCUT2D eigenvalue weighted by molar-refractivity contribution is 6.31. The topological polar surface area (TPSA) is 93.2 Å². The van der Waals surface area contributed by atoms with E-state index in [-0.39, 0.29) is 12.2 Å². The van der Waals surface area contributed by atoms with Crippen LogP contribution in [0.1, 0.15) is 17.2 Å². The third kappa shape index (κ3) is 3.95. The molecule has 0 saturated carbocycles. The molecule has 1 aromatic heterocycles. The number of halogens is 4. The molecule has 11 heteroatoms. The maximum atomic E-state index is 12.8. The number of anilines is 1. The van der Waals surface area contributed by atoms with Gasteiger partial charge in [0.05, 0.1) is 27.8 Å². The highest BCUT2D eigenvalue weighted by Gasteiger charge is 2.36. The predicted molar refractivity (Wildman–Crippen MR) is 79.8 cm³/mol. The molecule has 1 heterocycles. The number of nitro groups is 1. The van der Waals surface area contributed by atoms with E-state index in [1.807, 2.05) is 0 Å². The maximum Gasteiger partial charge on any atom is 0.418 e. The van der Waals surface area contributed by atoms with Gasteiger partial charge in [0, 0.05) is 31.4 Å². The molecule has 0 fully saturated rings. The number of hydrogen-bond acceptors (Lipinski definition) is 5. The molecule has 1 unspecified atom stereocenters. The molecule has 0 amide bonds. The summed E-state index contributed by atoms with van der Waals surface area (Å²) in [5.41, 5.74) is -1.86. The van der Waals surface area contributed by atoms with Crippen molar-refractivity contribution in [2.24, 2.45) is 7.05 Å². The summed E-state index contributed by atoms with van der Waals surface area (Å²) in [7, 11) is 1.64. The van der Waals surface area contributed by atoms with E-state index in [0.717, 1.165) is 6.07 Å². The Balaban J connectivity index is 2.26. The Bertz CT molecular complexity index is 763. The summed E-state index contributed by atoms with van der Waals surface area (Å²) in [5.74, 6) is 0. The van der Waals surface area contributed by atoms with Crippen LogP contribution in [-0.2, 0) is 13.2 Å². The molecule has 2 N–H and O–H groups in total. The van der Waals surface area contributed by atoms with Gasteiger partial charge in [-0.2, -0.15) is 18.3 Å². The lowest BCUT2D eigenvalue weighted by atomic mass is 10.1. The summed E-state index contributed by atoms with van der Waals surface area (Å²) < 4.78 is 39.8. The summed E-state index contributed by atoms with van der Waals surface area (Å²) in [5, 5.41) is 26.7. The molecule has 0 saturated heterocycles. The molecule has 24 heavy (non-hydrogen) atoms. The zero-order chi connectivity index (χ0) is 18.1. The van der Waals surface area contributed by atoms with Gasteiger partial charge in [0.25, 0.3) is 5.69 Å². The number of rotatable bonds is 5. The number of aliphatic hydroxyl groups is 1. The molecule has 1 aromatic carbocycles. The van der Waals surface area contributed by atoms with E-state index >= 15 is 0 Å². The van der Waals surface area contributed by atoms with E-state index in [1.165, 1.54) is 10.9 Å². The van der Waals surface area contributed by atoms with Crippen molar-refractivity contribution in [3.63, 3.8) is 0 Å². The van der Waals surface area contributed by atoms with Crippen molar-refractivity contribution < 1.29 is 23.2 Å². The Morgan fingerprint density at radius 2 is 2.17 bits per heavy atom. The van der Waals surface area contributed by atoms with E-state index < -0.39 is 33.5 Å². The number of nitrogens with one attached hydrogen (secondary N) is 1. The van der Waals surface area contributed by atoms with Gasteiger partial charge in [-0.1, -0.05) is 11.6 Å². The fourth-order valence-electron chi connectivity index (χ4n) is 2.01. The van der Waals surface area contributed by atoms with Crippen LogP contribution in [0.5, 0.6) is 0 Å². The number of aromatic nitrogens is 2. The Kier molecular flexibility index (Phi) is 4.99. The lowest BCUT2D eigenvalue weighted by molar-refractivity contribution is -0.384. The Morgan fingerprint density at radius 3 is 2.67 bits per heavy atom. The lowest BCUT2D eigenvalue weighted by Gasteiger charge is -2.14. The fourth-order valence-corrected chi connectivity index (χ4v) is 2.28. The van der Waals surface area contributed by atoms with E-state index in [9.17, 15) is 28.4 Å². The van der Waals surface area contributed by atoms with Crippen LogP contribution >= 0.6 is 11.6 Å². The van der Waals surface area contributed by atoms with Crippen LogP contribution < -0.4 is 5.32 Å². The number of nitro benzene ring substituents is 1. The van der Waals surface area contributed by atoms with Gasteiger partial charge in [-0.15, -0.1) is 0 Å². The first-order valence-electron chi connectivity index (χ1n) is 6.55. The van der Waals surface area contributed by atoms with Crippen molar-refractivity contribution in [1.29, 1.82) is 0 Å². The van der Waals surface area contributed by atoms with Gasteiger partial charge in [-0.25, -0.2) is 0 Å². The standard InChI is InChI=1S/C13H12ClF3N4O3/c1-20-6-7(4-19-20)12(22)5-18-10-3-9(14)8(13(15,16)17)2-11(10)21(23)24/h2-4,6,12,18,22H,5H2,1H3. The van der Waals surface area contributed by atoms with Gasteiger partial charge < -0.3 is 10.4 Å². The van der Waals surface area contributed by atoms with Crippen molar-refractivity contribution in [2.75, 3.05) is 11.9 Å². The molecule has 0 radical (unpaired) electrons. The predicted octanol–water partition coefficient (Wildman–Crippen LogP) is 3.15.